The van der Waals surface area contributed by atoms with Gasteiger partial charge < -0.3 is 24.3 Å². The van der Waals surface area contributed by atoms with Gasteiger partial charge >= 0.3 is 6.09 Å². The van der Waals surface area contributed by atoms with Crippen molar-refractivity contribution in [3.8, 4) is 28.4 Å². The third kappa shape index (κ3) is 8.53. The number of hydrazine groups is 1. The first-order valence-corrected chi connectivity index (χ1v) is 16.5. The van der Waals surface area contributed by atoms with Crippen molar-refractivity contribution in [1.29, 1.82) is 0 Å². The predicted octanol–water partition coefficient (Wildman–Crippen LogP) is 6.13. The van der Waals surface area contributed by atoms with Gasteiger partial charge in [-0.15, -0.1) is 0 Å². The fourth-order valence-corrected chi connectivity index (χ4v) is 5.95. The molecule has 1 aliphatic carbocycles. The van der Waals surface area contributed by atoms with E-state index in [9.17, 15) is 14.4 Å². The summed E-state index contributed by atoms with van der Waals surface area (Å²) in [5, 5.41) is 2.35. The molecule has 1 radical (unpaired) electrons. The number of fused-ring (bicyclic) bond motifs is 3. The van der Waals surface area contributed by atoms with Crippen LogP contribution in [0.4, 0.5) is 10.5 Å². The van der Waals surface area contributed by atoms with Gasteiger partial charge in [-0.05, 0) is 58.5 Å². The highest BCUT2D eigenvalue weighted by molar-refractivity contribution is 5.90. The van der Waals surface area contributed by atoms with E-state index < -0.39 is 18.0 Å². The Morgan fingerprint density at radius 2 is 1.52 bits per heavy atom. The molecule has 0 spiro atoms. The van der Waals surface area contributed by atoms with E-state index in [2.05, 4.69) is 47.5 Å². The van der Waals surface area contributed by atoms with E-state index in [1.807, 2.05) is 43.3 Å². The minimum Gasteiger partial charge on any atom is -0.497 e. The molecule has 0 fully saturated rings. The predicted molar refractivity (Wildman–Crippen MR) is 191 cm³/mol. The Labute approximate surface area is 292 Å². The maximum absolute atomic E-state index is 13.9. The molecular weight excluding hydrogens is 636 g/mol. The zero-order valence-electron chi connectivity index (χ0n) is 28.6. The van der Waals surface area contributed by atoms with Gasteiger partial charge in [-0.1, -0.05) is 80.4 Å². The molecule has 0 aromatic heterocycles. The average molecular weight is 680 g/mol. The quantitative estimate of drug-likeness (QED) is 0.121. The highest BCUT2D eigenvalue weighted by Gasteiger charge is 2.30. The number of nitrogens with one attached hydrogen (secondary N) is 3. The van der Waals surface area contributed by atoms with Crippen LogP contribution in [0.1, 0.15) is 48.8 Å². The third-order valence-corrected chi connectivity index (χ3v) is 8.59. The molecule has 261 valence electrons. The lowest BCUT2D eigenvalue weighted by molar-refractivity contribution is -0.126. The van der Waals surface area contributed by atoms with Gasteiger partial charge in [-0.3, -0.25) is 19.9 Å². The van der Waals surface area contributed by atoms with Crippen molar-refractivity contribution in [2.75, 3.05) is 32.3 Å². The molecule has 0 bridgehead atoms. The van der Waals surface area contributed by atoms with Gasteiger partial charge in [0.05, 0.1) is 26.5 Å². The molecule has 0 aliphatic heterocycles. The summed E-state index contributed by atoms with van der Waals surface area (Å²) in [6.07, 6.45) is 1.74. The Morgan fingerprint density at radius 3 is 2.14 bits per heavy atom. The monoisotopic (exact) mass is 679 g/mol. The summed E-state index contributed by atoms with van der Waals surface area (Å²) in [6.45, 7) is 2.07. The number of unbranched alkanes of at least 4 members (excludes halogenated alkanes) is 1. The minimum absolute atomic E-state index is 0.0992. The van der Waals surface area contributed by atoms with Gasteiger partial charge in [-0.25, -0.2) is 10.2 Å². The molecule has 0 unspecified atom stereocenters. The Balaban J connectivity index is 1.27. The number of amides is 3. The molecule has 1 aliphatic rings. The molecule has 3 amide bonds. The zero-order valence-corrected chi connectivity index (χ0v) is 28.6. The fraction of sp³-hybridized carbons (Fsp3) is 0.282. The topological polar surface area (TPSA) is 127 Å². The number of methoxy groups -OCH3 is 2. The van der Waals surface area contributed by atoms with E-state index in [-0.39, 0.29) is 31.6 Å². The second-order valence-corrected chi connectivity index (χ2v) is 11.8. The number of anilines is 1. The highest BCUT2D eigenvalue weighted by Crippen LogP contribution is 2.44. The summed E-state index contributed by atoms with van der Waals surface area (Å²) in [5.74, 6) is 0.632. The molecule has 50 heavy (non-hydrogen) atoms. The summed E-state index contributed by atoms with van der Waals surface area (Å²) in [7, 11) is 6.51. The highest BCUT2D eigenvalue weighted by atomic mass is 16.6. The third-order valence-electron chi connectivity index (χ3n) is 8.59. The van der Waals surface area contributed by atoms with E-state index in [1.165, 1.54) is 12.0 Å². The molecule has 4 aromatic carbocycles. The molecule has 0 heterocycles. The van der Waals surface area contributed by atoms with Crippen LogP contribution < -0.4 is 35.3 Å². The summed E-state index contributed by atoms with van der Waals surface area (Å²) in [6, 6.07) is 28.1. The summed E-state index contributed by atoms with van der Waals surface area (Å²) in [4.78, 5) is 39.9. The summed E-state index contributed by atoms with van der Waals surface area (Å²) >= 11 is 0. The maximum atomic E-state index is 13.9. The molecule has 5 rings (SSSR count). The first-order valence-electron chi connectivity index (χ1n) is 16.5. The Kier molecular flexibility index (Phi) is 12.3. The first-order chi connectivity index (χ1) is 24.4. The number of hydrogen-bond donors (Lipinski definition) is 3. The Morgan fingerprint density at radius 1 is 0.860 bits per heavy atom. The Hall–Kier alpha value is -5.55. The fourth-order valence-electron chi connectivity index (χ4n) is 5.95. The van der Waals surface area contributed by atoms with Crippen LogP contribution in [-0.4, -0.2) is 51.4 Å². The van der Waals surface area contributed by atoms with Crippen molar-refractivity contribution >= 4 is 23.6 Å². The van der Waals surface area contributed by atoms with Crippen LogP contribution in [0.25, 0.3) is 11.1 Å². The number of rotatable bonds is 16. The van der Waals surface area contributed by atoms with Crippen molar-refractivity contribution < 1.29 is 33.3 Å². The largest absolute Gasteiger partial charge is 0.497 e. The standard InChI is InChI=1S/C39H43N4O7/c1-5-6-15-34(38(45)40-2)41-42-37(44)25-49-27-18-16-26(17-19-27)23-43(35-21-20-28(47-3)22-36(35)48-4)39(46)50-24-33-31-13-9-7-11-29(31)30-12-8-10-14-32(30)33/h7-14,16-22,33-34,41H,2,5-6,15,23-25H2,1,3-4H3,(H,40,45)(H,42,44)/t34-/m0/s1. The number of hydrogen-bond acceptors (Lipinski definition) is 8. The maximum Gasteiger partial charge on any atom is 0.414 e. The summed E-state index contributed by atoms with van der Waals surface area (Å²) < 4.78 is 22.8. The molecule has 11 heteroatoms. The average Bonchev–Trinajstić information content (AvgIpc) is 3.48. The van der Waals surface area contributed by atoms with Crippen LogP contribution in [0.5, 0.6) is 17.2 Å². The van der Waals surface area contributed by atoms with Crippen molar-refractivity contribution in [3.63, 3.8) is 0 Å². The van der Waals surface area contributed by atoms with E-state index in [4.69, 9.17) is 18.9 Å². The van der Waals surface area contributed by atoms with Crippen LogP contribution in [-0.2, 0) is 20.9 Å². The van der Waals surface area contributed by atoms with Crippen molar-refractivity contribution in [1.82, 2.24) is 16.2 Å². The smallest absolute Gasteiger partial charge is 0.414 e. The van der Waals surface area contributed by atoms with E-state index >= 15 is 0 Å². The van der Waals surface area contributed by atoms with Crippen molar-refractivity contribution in [3.05, 3.63) is 115 Å². The molecule has 11 nitrogen and oxygen atoms in total. The number of benzene rings is 4. The molecular formula is C39H43N4O7. The minimum atomic E-state index is -0.598. The second kappa shape index (κ2) is 17.2. The van der Waals surface area contributed by atoms with E-state index in [0.29, 0.717) is 29.4 Å². The Bertz CT molecular complexity index is 1730. The van der Waals surface area contributed by atoms with Crippen LogP contribution in [0.2, 0.25) is 0 Å². The van der Waals surface area contributed by atoms with Gasteiger partial charge in [0.15, 0.2) is 6.61 Å². The molecule has 1 atom stereocenters. The van der Waals surface area contributed by atoms with Gasteiger partial charge in [0.25, 0.3) is 5.91 Å². The molecule has 0 saturated carbocycles. The first kappa shape index (κ1) is 35.7. The van der Waals surface area contributed by atoms with Crippen LogP contribution in [0.3, 0.4) is 0 Å². The number of nitrogens with zero attached hydrogens (tertiary/aromatic N) is 1. The number of ether oxygens (including phenoxy) is 4. The van der Waals surface area contributed by atoms with E-state index in [1.54, 1.807) is 37.4 Å². The van der Waals surface area contributed by atoms with Gasteiger partial charge in [-0.2, -0.15) is 0 Å². The van der Waals surface area contributed by atoms with Crippen molar-refractivity contribution in [2.45, 2.75) is 44.7 Å². The van der Waals surface area contributed by atoms with Gasteiger partial charge in [0, 0.05) is 19.0 Å². The molecule has 3 N–H and O–H groups in total. The second-order valence-electron chi connectivity index (χ2n) is 11.8. The number of carbonyl (C=O) groups is 3. The summed E-state index contributed by atoms with van der Waals surface area (Å²) in [5.41, 5.74) is 11.1. The molecule has 4 aromatic rings. The van der Waals surface area contributed by atoms with Crippen molar-refractivity contribution in [2.24, 2.45) is 0 Å². The molecule has 0 saturated heterocycles. The van der Waals surface area contributed by atoms with Crippen LogP contribution in [0.15, 0.2) is 91.0 Å². The normalized spacial score (nSPS) is 12.2. The van der Waals surface area contributed by atoms with Crippen LogP contribution >= 0.6 is 0 Å². The van der Waals surface area contributed by atoms with E-state index in [0.717, 1.165) is 40.7 Å². The van der Waals surface area contributed by atoms with Gasteiger partial charge in [0.2, 0.25) is 5.91 Å². The lowest BCUT2D eigenvalue weighted by atomic mass is 9.98. The lowest BCUT2D eigenvalue weighted by Crippen LogP contribution is -2.51. The van der Waals surface area contributed by atoms with Gasteiger partial charge in [0.1, 0.15) is 29.9 Å². The lowest BCUT2D eigenvalue weighted by Gasteiger charge is -2.25. The number of carbonyl (C=O) groups excluding carboxylic acids is 3. The van der Waals surface area contributed by atoms with Crippen LogP contribution in [0, 0.1) is 7.05 Å². The zero-order chi connectivity index (χ0) is 35.5. The SMILES string of the molecule is [CH2]NC(=O)[C@H](CCCC)NNC(=O)COc1ccc(CN(C(=O)OCC2c3ccccc3-c3ccccc32)c2ccc(OC)cc2OC)cc1.